The van der Waals surface area contributed by atoms with E-state index in [1.807, 2.05) is 6.92 Å². The molecule has 0 aliphatic rings. The lowest BCUT2D eigenvalue weighted by Crippen LogP contribution is -2.26. The lowest BCUT2D eigenvalue weighted by atomic mass is 10.1. The van der Waals surface area contributed by atoms with Crippen LogP contribution in [0.2, 0.25) is 0 Å². The van der Waals surface area contributed by atoms with E-state index < -0.39 is 23.9 Å². The molecule has 4 aromatic rings. The third-order valence-electron chi connectivity index (χ3n) is 5.53. The van der Waals surface area contributed by atoms with Crippen molar-refractivity contribution >= 4 is 16.7 Å². The fourth-order valence-corrected chi connectivity index (χ4v) is 3.86. The molecule has 1 N–H and O–H groups in total. The van der Waals surface area contributed by atoms with E-state index in [-0.39, 0.29) is 13.2 Å². The molecule has 3 aromatic carbocycles. The SMILES string of the molecule is CCn1/c(=N\c2ccc(OC(F)(F)F)cc2)n(Cc2ccc(CO)cc2)c2cc(C(F)(F)F)ccc21. The first kappa shape index (κ1) is 25.4. The smallest absolute Gasteiger partial charge is 0.406 e. The van der Waals surface area contributed by atoms with Gasteiger partial charge in [0.25, 0.3) is 0 Å². The van der Waals surface area contributed by atoms with Gasteiger partial charge < -0.3 is 19.0 Å². The van der Waals surface area contributed by atoms with Crippen molar-refractivity contribution in [1.29, 1.82) is 0 Å². The quantitative estimate of drug-likeness (QED) is 0.317. The summed E-state index contributed by atoms with van der Waals surface area (Å²) >= 11 is 0. The van der Waals surface area contributed by atoms with Gasteiger partial charge in [-0.05, 0) is 60.5 Å². The molecule has 11 heteroatoms. The van der Waals surface area contributed by atoms with E-state index in [2.05, 4.69) is 9.73 Å². The topological polar surface area (TPSA) is 51.7 Å². The van der Waals surface area contributed by atoms with E-state index in [9.17, 15) is 31.4 Å². The molecule has 1 aromatic heterocycles. The Morgan fingerprint density at radius 1 is 0.806 bits per heavy atom. The molecule has 0 unspecified atom stereocenters. The lowest BCUT2D eigenvalue weighted by Gasteiger charge is -2.10. The number of aryl methyl sites for hydroxylation is 1. The van der Waals surface area contributed by atoms with E-state index in [4.69, 9.17) is 0 Å². The third-order valence-corrected chi connectivity index (χ3v) is 5.53. The first-order valence-electron chi connectivity index (χ1n) is 10.9. The number of alkyl halides is 6. The summed E-state index contributed by atoms with van der Waals surface area (Å²) in [6.45, 7) is 2.22. The third kappa shape index (κ3) is 5.56. The summed E-state index contributed by atoms with van der Waals surface area (Å²) in [5, 5.41) is 9.29. The minimum Gasteiger partial charge on any atom is -0.406 e. The molecule has 0 spiro atoms. The average Bonchev–Trinajstić information content (AvgIpc) is 3.10. The summed E-state index contributed by atoms with van der Waals surface area (Å²) in [6, 6.07) is 15.3. The molecule has 190 valence electrons. The fraction of sp³-hybridized carbons (Fsp3) is 0.240. The molecule has 4 rings (SSSR count). The van der Waals surface area contributed by atoms with Gasteiger partial charge in [0.2, 0.25) is 5.62 Å². The van der Waals surface area contributed by atoms with Crippen LogP contribution >= 0.6 is 0 Å². The Morgan fingerprint density at radius 2 is 1.44 bits per heavy atom. The van der Waals surface area contributed by atoms with Crippen LogP contribution in [0.3, 0.4) is 0 Å². The second-order valence-corrected chi connectivity index (χ2v) is 7.96. The van der Waals surface area contributed by atoms with Crippen LogP contribution in [0.5, 0.6) is 5.75 Å². The zero-order valence-corrected chi connectivity index (χ0v) is 18.9. The number of hydrogen-bond donors (Lipinski definition) is 1. The Hall–Kier alpha value is -3.73. The Balaban J connectivity index is 1.90. The first-order chi connectivity index (χ1) is 17.0. The van der Waals surface area contributed by atoms with Gasteiger partial charge in [-0.2, -0.15) is 13.2 Å². The average molecular weight is 509 g/mol. The molecule has 0 fully saturated rings. The molecular weight excluding hydrogens is 488 g/mol. The van der Waals surface area contributed by atoms with Crippen LogP contribution in [0.15, 0.2) is 71.7 Å². The van der Waals surface area contributed by atoms with E-state index >= 15 is 0 Å². The van der Waals surface area contributed by atoms with Gasteiger partial charge in [0.15, 0.2) is 0 Å². The number of aromatic nitrogens is 2. The maximum atomic E-state index is 13.5. The molecule has 0 aliphatic carbocycles. The molecule has 5 nitrogen and oxygen atoms in total. The molecule has 0 amide bonds. The molecule has 0 radical (unpaired) electrons. The second-order valence-electron chi connectivity index (χ2n) is 7.96. The van der Waals surface area contributed by atoms with Crippen molar-refractivity contribution in [2.45, 2.75) is 39.2 Å². The highest BCUT2D eigenvalue weighted by atomic mass is 19.4. The lowest BCUT2D eigenvalue weighted by molar-refractivity contribution is -0.274. The normalized spacial score (nSPS) is 12.9. The van der Waals surface area contributed by atoms with Gasteiger partial charge in [0, 0.05) is 6.54 Å². The van der Waals surface area contributed by atoms with E-state index in [0.29, 0.717) is 34.4 Å². The molecule has 1 heterocycles. The number of nitrogens with zero attached hydrogens (tertiary/aromatic N) is 3. The van der Waals surface area contributed by atoms with Crippen LogP contribution in [0, 0.1) is 0 Å². The summed E-state index contributed by atoms with van der Waals surface area (Å²) in [6.07, 6.45) is -9.38. The largest absolute Gasteiger partial charge is 0.573 e. The molecule has 0 atom stereocenters. The minimum atomic E-state index is -4.84. The van der Waals surface area contributed by atoms with Crippen LogP contribution in [0.4, 0.5) is 32.0 Å². The van der Waals surface area contributed by atoms with Gasteiger partial charge >= 0.3 is 12.5 Å². The number of rotatable bonds is 6. The maximum Gasteiger partial charge on any atom is 0.573 e. The van der Waals surface area contributed by atoms with Crippen molar-refractivity contribution in [2.24, 2.45) is 4.99 Å². The van der Waals surface area contributed by atoms with E-state index in [1.54, 1.807) is 33.4 Å². The summed E-state index contributed by atoms with van der Waals surface area (Å²) < 4.78 is 85.2. The van der Waals surface area contributed by atoms with Crippen molar-refractivity contribution in [3.8, 4) is 5.75 Å². The predicted octanol–water partition coefficient (Wildman–Crippen LogP) is 6.15. The van der Waals surface area contributed by atoms with Gasteiger partial charge in [-0.15, -0.1) is 13.2 Å². The van der Waals surface area contributed by atoms with Gasteiger partial charge in [-0.3, -0.25) is 0 Å². The number of hydrogen-bond acceptors (Lipinski definition) is 3. The monoisotopic (exact) mass is 509 g/mol. The highest BCUT2D eigenvalue weighted by molar-refractivity contribution is 5.77. The predicted molar refractivity (Wildman–Crippen MR) is 120 cm³/mol. The van der Waals surface area contributed by atoms with Crippen LogP contribution in [0.1, 0.15) is 23.6 Å². The van der Waals surface area contributed by atoms with Crippen molar-refractivity contribution in [1.82, 2.24) is 9.13 Å². The summed E-state index contributed by atoms with van der Waals surface area (Å²) in [5.41, 5.74) is 2.07. The molecule has 0 saturated heterocycles. The Bertz CT molecular complexity index is 1420. The number of aliphatic hydroxyl groups is 1. The highest BCUT2D eigenvalue weighted by Crippen LogP contribution is 2.32. The fourth-order valence-electron chi connectivity index (χ4n) is 3.86. The van der Waals surface area contributed by atoms with Crippen molar-refractivity contribution in [3.05, 3.63) is 89.0 Å². The van der Waals surface area contributed by atoms with Crippen molar-refractivity contribution in [2.75, 3.05) is 0 Å². The van der Waals surface area contributed by atoms with E-state index in [0.717, 1.165) is 29.8 Å². The van der Waals surface area contributed by atoms with Gasteiger partial charge in [0.05, 0.1) is 35.4 Å². The first-order valence-corrected chi connectivity index (χ1v) is 10.9. The van der Waals surface area contributed by atoms with E-state index in [1.165, 1.54) is 18.2 Å². The van der Waals surface area contributed by atoms with Gasteiger partial charge in [-0.25, -0.2) is 4.99 Å². The van der Waals surface area contributed by atoms with Crippen molar-refractivity contribution < 1.29 is 36.2 Å². The summed E-state index contributed by atoms with van der Waals surface area (Å²) in [7, 11) is 0. The van der Waals surface area contributed by atoms with Crippen LogP contribution in [0.25, 0.3) is 11.0 Å². The molecule has 0 bridgehead atoms. The molecule has 36 heavy (non-hydrogen) atoms. The zero-order chi connectivity index (χ0) is 26.1. The molecular formula is C25H21F6N3O2. The van der Waals surface area contributed by atoms with Gasteiger partial charge in [0.1, 0.15) is 5.75 Å². The molecule has 0 aliphatic heterocycles. The number of halogens is 6. The Morgan fingerprint density at radius 3 is 2.00 bits per heavy atom. The number of aliphatic hydroxyl groups excluding tert-OH is 1. The summed E-state index contributed by atoms with van der Waals surface area (Å²) in [4.78, 5) is 4.58. The Labute approximate surface area is 201 Å². The van der Waals surface area contributed by atoms with Crippen LogP contribution in [-0.2, 0) is 25.9 Å². The van der Waals surface area contributed by atoms with Crippen LogP contribution < -0.4 is 10.4 Å². The number of benzene rings is 3. The van der Waals surface area contributed by atoms with Crippen LogP contribution in [-0.4, -0.2) is 20.6 Å². The standard InChI is InChI=1S/C25H21F6N3O2/c1-2-33-21-12-7-18(24(26,27)28)13-22(21)34(14-16-3-5-17(15-35)6-4-16)23(33)32-19-8-10-20(11-9-19)36-25(29,30)31/h3-13,35H,2,14-15H2,1H3/b32-23+. The van der Waals surface area contributed by atoms with Crippen molar-refractivity contribution in [3.63, 3.8) is 0 Å². The van der Waals surface area contributed by atoms with Gasteiger partial charge in [-0.1, -0.05) is 24.3 Å². The highest BCUT2D eigenvalue weighted by Gasteiger charge is 2.32. The maximum absolute atomic E-state index is 13.5. The minimum absolute atomic E-state index is 0.147. The molecule has 0 saturated carbocycles. The zero-order valence-electron chi connectivity index (χ0n) is 18.9. The second kappa shape index (κ2) is 9.73. The summed E-state index contributed by atoms with van der Waals surface area (Å²) in [5.74, 6) is -0.413. The number of imidazole rings is 1. The Kier molecular flexibility index (Phi) is 6.85. The number of ether oxygens (including phenoxy) is 1. The number of fused-ring (bicyclic) bond motifs is 1.